The van der Waals surface area contributed by atoms with Crippen LogP contribution in [0.2, 0.25) is 0 Å². The number of nitrogens with zero attached hydrogens (tertiary/aromatic N) is 2. The van der Waals surface area contributed by atoms with Gasteiger partial charge >= 0.3 is 0 Å². The number of fused-ring (bicyclic) bond motifs is 3. The monoisotopic (exact) mass is 497 g/mol. The quantitative estimate of drug-likeness (QED) is 0.285. The van der Waals surface area contributed by atoms with Crippen molar-refractivity contribution in [2.75, 3.05) is 18.2 Å². The molecule has 1 aliphatic carbocycles. The van der Waals surface area contributed by atoms with Gasteiger partial charge in [-0.1, -0.05) is 30.7 Å². The fourth-order valence-corrected chi connectivity index (χ4v) is 6.93. The molecule has 2 heterocycles. The topological polar surface area (TPSA) is 73.2 Å². The normalized spacial score (nSPS) is 18.8. The number of nitrogens with one attached hydrogen (secondary N) is 1. The van der Waals surface area contributed by atoms with E-state index in [0.29, 0.717) is 27.5 Å². The third-order valence-electron chi connectivity index (χ3n) is 6.16. The minimum Gasteiger partial charge on any atom is -0.497 e. The summed E-state index contributed by atoms with van der Waals surface area (Å²) in [4.78, 5) is 31.2. The third kappa shape index (κ3) is 4.59. The van der Waals surface area contributed by atoms with Gasteiger partial charge in [0, 0.05) is 22.9 Å². The maximum absolute atomic E-state index is 13.7. The molecule has 1 N–H and O–H groups in total. The molecule has 1 fully saturated rings. The molecular weight excluding hydrogens is 473 g/mol. The highest BCUT2D eigenvalue weighted by atomic mass is 32.2. The van der Waals surface area contributed by atoms with Gasteiger partial charge < -0.3 is 10.1 Å². The first kappa shape index (κ1) is 23.0. The average Bonchev–Trinajstić information content (AvgIpc) is 3.22. The highest BCUT2D eigenvalue weighted by Gasteiger charge is 2.39. The smallest absolute Gasteiger partial charge is 0.263 e. The van der Waals surface area contributed by atoms with E-state index < -0.39 is 0 Å². The van der Waals surface area contributed by atoms with Gasteiger partial charge in [-0.3, -0.25) is 14.2 Å². The van der Waals surface area contributed by atoms with Crippen molar-refractivity contribution in [2.24, 2.45) is 0 Å². The Hall–Kier alpha value is -2.78. The standard InChI is InChI=1S/C25H24FN3O3S2/c1-32-18-6-4-5-16(13-18)27-21(30)14-33-25-28-23-22(19-7-2-3-8-20(19)34-23)24(31)29(25)17-11-9-15(26)10-12-17/h4-6,9-13,19-20H,2-3,7-8,14H2,1H3,(H,27,30). The van der Waals surface area contributed by atoms with Crippen LogP contribution in [-0.4, -0.2) is 33.6 Å². The summed E-state index contributed by atoms with van der Waals surface area (Å²) in [6.45, 7) is 0. The molecule has 2 aliphatic rings. The van der Waals surface area contributed by atoms with Gasteiger partial charge in [0.05, 0.1) is 24.1 Å². The number of carbonyl (C=O) groups is 1. The minimum atomic E-state index is -0.374. The maximum atomic E-state index is 13.7. The van der Waals surface area contributed by atoms with Crippen LogP contribution in [0.4, 0.5) is 10.1 Å². The molecule has 2 atom stereocenters. The SMILES string of the molecule is COc1cccc(NC(=O)CSc2nc3c(c(=O)n2-c2ccc(F)cc2)C2CCCCC2S3)c1. The molecule has 0 spiro atoms. The number of aromatic nitrogens is 2. The number of ether oxygens (including phenoxy) is 1. The molecular formula is C25H24FN3O3S2. The Morgan fingerprint density at radius 1 is 1.24 bits per heavy atom. The van der Waals surface area contributed by atoms with Gasteiger partial charge in [0.1, 0.15) is 16.6 Å². The van der Waals surface area contributed by atoms with Crippen molar-refractivity contribution >= 4 is 35.1 Å². The first-order valence-electron chi connectivity index (χ1n) is 11.2. The molecule has 2 aromatic carbocycles. The summed E-state index contributed by atoms with van der Waals surface area (Å²) in [5.74, 6) is 0.326. The van der Waals surface area contributed by atoms with Gasteiger partial charge in [-0.15, -0.1) is 11.8 Å². The van der Waals surface area contributed by atoms with E-state index in [1.807, 2.05) is 0 Å². The summed E-state index contributed by atoms with van der Waals surface area (Å²) in [7, 11) is 1.57. The molecule has 1 saturated carbocycles. The van der Waals surface area contributed by atoms with Crippen LogP contribution in [-0.2, 0) is 4.79 Å². The van der Waals surface area contributed by atoms with Crippen molar-refractivity contribution in [3.8, 4) is 11.4 Å². The fourth-order valence-electron chi connectivity index (χ4n) is 4.56. The summed E-state index contributed by atoms with van der Waals surface area (Å²) in [6.07, 6.45) is 4.34. The molecule has 2 unspecified atom stereocenters. The van der Waals surface area contributed by atoms with Crippen LogP contribution in [0.3, 0.4) is 0 Å². The number of hydrogen-bond donors (Lipinski definition) is 1. The lowest BCUT2D eigenvalue weighted by molar-refractivity contribution is -0.113. The molecule has 0 saturated heterocycles. The molecule has 6 nitrogen and oxygen atoms in total. The molecule has 34 heavy (non-hydrogen) atoms. The molecule has 176 valence electrons. The second-order valence-corrected chi connectivity index (χ2v) is 10.5. The maximum Gasteiger partial charge on any atom is 0.263 e. The van der Waals surface area contributed by atoms with Gasteiger partial charge in [0.2, 0.25) is 5.91 Å². The van der Waals surface area contributed by atoms with E-state index in [1.165, 1.54) is 34.9 Å². The zero-order valence-electron chi connectivity index (χ0n) is 18.6. The lowest BCUT2D eigenvalue weighted by atomic mass is 9.85. The molecule has 1 amide bonds. The van der Waals surface area contributed by atoms with Gasteiger partial charge in [-0.05, 0) is 49.2 Å². The Balaban J connectivity index is 1.45. The second-order valence-electron chi connectivity index (χ2n) is 8.35. The lowest BCUT2D eigenvalue weighted by Crippen LogP contribution is -2.29. The van der Waals surface area contributed by atoms with Crippen LogP contribution in [0, 0.1) is 5.82 Å². The summed E-state index contributed by atoms with van der Waals surface area (Å²) >= 11 is 2.88. The van der Waals surface area contributed by atoms with Crippen molar-refractivity contribution in [3.05, 3.63) is 70.3 Å². The van der Waals surface area contributed by atoms with Crippen molar-refractivity contribution in [1.82, 2.24) is 9.55 Å². The number of amides is 1. The van der Waals surface area contributed by atoms with E-state index in [9.17, 15) is 14.0 Å². The number of thioether (sulfide) groups is 2. The van der Waals surface area contributed by atoms with Gasteiger partial charge in [-0.2, -0.15) is 0 Å². The molecule has 1 aromatic heterocycles. The van der Waals surface area contributed by atoms with Crippen LogP contribution in [0.15, 0.2) is 63.5 Å². The van der Waals surface area contributed by atoms with E-state index in [4.69, 9.17) is 9.72 Å². The highest BCUT2D eigenvalue weighted by Crippen LogP contribution is 2.50. The molecule has 3 aromatic rings. The zero-order valence-corrected chi connectivity index (χ0v) is 20.3. The fraction of sp³-hybridized carbons (Fsp3) is 0.320. The number of hydrogen-bond acceptors (Lipinski definition) is 6. The Labute approximate surface area is 205 Å². The summed E-state index contributed by atoms with van der Waals surface area (Å²) < 4.78 is 20.3. The largest absolute Gasteiger partial charge is 0.497 e. The third-order valence-corrected chi connectivity index (χ3v) is 8.50. The number of methoxy groups -OCH3 is 1. The van der Waals surface area contributed by atoms with Crippen molar-refractivity contribution in [2.45, 2.75) is 47.0 Å². The summed E-state index contributed by atoms with van der Waals surface area (Å²) in [5, 5.41) is 4.44. The molecule has 9 heteroatoms. The molecule has 1 aliphatic heterocycles. The van der Waals surface area contributed by atoms with E-state index in [0.717, 1.165) is 29.9 Å². The molecule has 0 bridgehead atoms. The van der Waals surface area contributed by atoms with Crippen molar-refractivity contribution in [3.63, 3.8) is 0 Å². The number of halogens is 1. The summed E-state index contributed by atoms with van der Waals surface area (Å²) in [6, 6.07) is 12.9. The average molecular weight is 498 g/mol. The lowest BCUT2D eigenvalue weighted by Gasteiger charge is -2.24. The first-order valence-corrected chi connectivity index (χ1v) is 13.1. The van der Waals surface area contributed by atoms with Crippen molar-refractivity contribution in [1.29, 1.82) is 0 Å². The summed E-state index contributed by atoms with van der Waals surface area (Å²) in [5.41, 5.74) is 1.82. The van der Waals surface area contributed by atoms with E-state index in [-0.39, 0.29) is 29.0 Å². The van der Waals surface area contributed by atoms with Crippen molar-refractivity contribution < 1.29 is 13.9 Å². The van der Waals surface area contributed by atoms with E-state index in [2.05, 4.69) is 5.32 Å². The molecule has 5 rings (SSSR count). The van der Waals surface area contributed by atoms with Crippen LogP contribution >= 0.6 is 23.5 Å². The number of carbonyl (C=O) groups excluding carboxylic acids is 1. The number of rotatable bonds is 6. The Kier molecular flexibility index (Phi) is 6.65. The predicted molar refractivity (Wildman–Crippen MR) is 133 cm³/mol. The second kappa shape index (κ2) is 9.84. The molecule has 0 radical (unpaired) electrons. The highest BCUT2D eigenvalue weighted by molar-refractivity contribution is 8.00. The van der Waals surface area contributed by atoms with Gasteiger partial charge in [0.15, 0.2) is 5.16 Å². The number of benzene rings is 2. The van der Waals surface area contributed by atoms with Gasteiger partial charge in [-0.25, -0.2) is 9.37 Å². The zero-order chi connectivity index (χ0) is 23.7. The van der Waals surface area contributed by atoms with Crippen LogP contribution in [0.25, 0.3) is 5.69 Å². The van der Waals surface area contributed by atoms with E-state index in [1.54, 1.807) is 55.3 Å². The first-order chi connectivity index (χ1) is 16.5. The van der Waals surface area contributed by atoms with Gasteiger partial charge in [0.25, 0.3) is 5.56 Å². The van der Waals surface area contributed by atoms with E-state index >= 15 is 0 Å². The van der Waals surface area contributed by atoms with Crippen LogP contribution < -0.4 is 15.6 Å². The van der Waals surface area contributed by atoms with Crippen LogP contribution in [0.5, 0.6) is 5.75 Å². The predicted octanol–water partition coefficient (Wildman–Crippen LogP) is 5.24. The Bertz CT molecular complexity index is 1280. The minimum absolute atomic E-state index is 0.0706. The number of anilines is 1. The Morgan fingerprint density at radius 3 is 2.82 bits per heavy atom. The Morgan fingerprint density at radius 2 is 2.03 bits per heavy atom. The van der Waals surface area contributed by atoms with Crippen LogP contribution in [0.1, 0.15) is 37.2 Å².